The SMILES string of the molecule is Cc1cc(/C(O)=C2\C(=O)C(=O)N(c3ccc(F)c(F)c3)C2c2cccc(O)c2)ccc1OC(C)C. The van der Waals surface area contributed by atoms with Crippen molar-refractivity contribution in [2.24, 2.45) is 0 Å². The third-order valence-corrected chi connectivity index (χ3v) is 5.62. The van der Waals surface area contributed by atoms with Crippen LogP contribution in [0.15, 0.2) is 66.2 Å². The number of carbonyl (C=O) groups excluding carboxylic acids is 2. The normalized spacial score (nSPS) is 17.3. The number of phenolic OH excluding ortho intramolecular Hbond substituents is 1. The topological polar surface area (TPSA) is 87.1 Å². The fraction of sp³-hybridized carbons (Fsp3) is 0.185. The molecule has 35 heavy (non-hydrogen) atoms. The first-order chi connectivity index (χ1) is 16.6. The fourth-order valence-electron chi connectivity index (χ4n) is 4.08. The molecule has 0 aromatic heterocycles. The van der Waals surface area contributed by atoms with Crippen molar-refractivity contribution in [2.45, 2.75) is 32.9 Å². The van der Waals surface area contributed by atoms with Crippen molar-refractivity contribution < 1.29 is 33.3 Å². The number of aliphatic hydroxyl groups excluding tert-OH is 1. The van der Waals surface area contributed by atoms with E-state index in [0.717, 1.165) is 17.0 Å². The maximum Gasteiger partial charge on any atom is 0.300 e. The highest BCUT2D eigenvalue weighted by Crippen LogP contribution is 2.43. The first kappa shape index (κ1) is 23.9. The summed E-state index contributed by atoms with van der Waals surface area (Å²) in [5.41, 5.74) is 0.947. The Morgan fingerprint density at radius 1 is 1.00 bits per heavy atom. The Morgan fingerprint density at radius 2 is 1.74 bits per heavy atom. The molecule has 2 N–H and O–H groups in total. The molecule has 1 aliphatic rings. The zero-order chi connectivity index (χ0) is 25.4. The molecule has 0 saturated carbocycles. The molecule has 0 bridgehead atoms. The molecular formula is C27H23F2NO5. The van der Waals surface area contributed by atoms with Crippen LogP contribution in [0.5, 0.6) is 11.5 Å². The third-order valence-electron chi connectivity index (χ3n) is 5.62. The van der Waals surface area contributed by atoms with Gasteiger partial charge in [0.25, 0.3) is 11.7 Å². The van der Waals surface area contributed by atoms with Gasteiger partial charge in [-0.25, -0.2) is 8.78 Å². The lowest BCUT2D eigenvalue weighted by atomic mass is 9.94. The zero-order valence-corrected chi connectivity index (χ0v) is 19.3. The highest BCUT2D eigenvalue weighted by Gasteiger charge is 2.47. The van der Waals surface area contributed by atoms with Gasteiger partial charge < -0.3 is 14.9 Å². The molecule has 180 valence electrons. The third kappa shape index (κ3) is 4.47. The van der Waals surface area contributed by atoms with E-state index < -0.39 is 35.1 Å². The number of hydrogen-bond acceptors (Lipinski definition) is 5. The predicted octanol–water partition coefficient (Wildman–Crippen LogP) is 5.39. The van der Waals surface area contributed by atoms with Crippen molar-refractivity contribution in [3.05, 3.63) is 94.6 Å². The van der Waals surface area contributed by atoms with E-state index in [4.69, 9.17) is 4.74 Å². The molecular weight excluding hydrogens is 456 g/mol. The van der Waals surface area contributed by atoms with Crippen LogP contribution in [0.2, 0.25) is 0 Å². The molecule has 1 unspecified atom stereocenters. The van der Waals surface area contributed by atoms with E-state index in [9.17, 15) is 28.6 Å². The second-order valence-electron chi connectivity index (χ2n) is 8.51. The fourth-order valence-corrected chi connectivity index (χ4v) is 4.08. The van der Waals surface area contributed by atoms with Gasteiger partial charge in [-0.3, -0.25) is 14.5 Å². The van der Waals surface area contributed by atoms with Gasteiger partial charge in [0.2, 0.25) is 0 Å². The molecule has 3 aromatic carbocycles. The van der Waals surface area contributed by atoms with Crippen molar-refractivity contribution in [1.29, 1.82) is 0 Å². The van der Waals surface area contributed by atoms with E-state index in [2.05, 4.69) is 0 Å². The number of benzene rings is 3. The summed E-state index contributed by atoms with van der Waals surface area (Å²) < 4.78 is 33.3. The second-order valence-corrected chi connectivity index (χ2v) is 8.51. The van der Waals surface area contributed by atoms with Crippen molar-refractivity contribution in [2.75, 3.05) is 4.90 Å². The lowest BCUT2D eigenvalue weighted by Crippen LogP contribution is -2.29. The number of phenols is 1. The molecule has 1 saturated heterocycles. The van der Waals surface area contributed by atoms with Crippen LogP contribution in [0.4, 0.5) is 14.5 Å². The number of aromatic hydroxyl groups is 1. The first-order valence-corrected chi connectivity index (χ1v) is 10.9. The highest BCUT2D eigenvalue weighted by atomic mass is 19.2. The predicted molar refractivity (Wildman–Crippen MR) is 126 cm³/mol. The van der Waals surface area contributed by atoms with Crippen LogP contribution in [-0.4, -0.2) is 28.0 Å². The average Bonchev–Trinajstić information content (AvgIpc) is 3.07. The van der Waals surface area contributed by atoms with Crippen LogP contribution in [-0.2, 0) is 9.59 Å². The number of ketones is 1. The van der Waals surface area contributed by atoms with Gasteiger partial charge in [-0.15, -0.1) is 0 Å². The Hall–Kier alpha value is -4.20. The number of anilines is 1. The Morgan fingerprint density at radius 3 is 2.37 bits per heavy atom. The van der Waals surface area contributed by atoms with Gasteiger partial charge >= 0.3 is 0 Å². The number of amides is 1. The van der Waals surface area contributed by atoms with Gasteiger partial charge in [-0.05, 0) is 74.4 Å². The van der Waals surface area contributed by atoms with Gasteiger partial charge in [-0.1, -0.05) is 12.1 Å². The van der Waals surface area contributed by atoms with Gasteiger partial charge in [0.1, 0.15) is 17.3 Å². The lowest BCUT2D eigenvalue weighted by Gasteiger charge is -2.25. The van der Waals surface area contributed by atoms with Gasteiger partial charge in [0.05, 0.1) is 17.7 Å². The van der Waals surface area contributed by atoms with Gasteiger partial charge in [0, 0.05) is 17.3 Å². The maximum absolute atomic E-state index is 14.0. The largest absolute Gasteiger partial charge is 0.508 e. The second kappa shape index (κ2) is 9.21. The Kier molecular flexibility index (Phi) is 6.30. The molecule has 1 heterocycles. The monoisotopic (exact) mass is 479 g/mol. The lowest BCUT2D eigenvalue weighted by molar-refractivity contribution is -0.132. The smallest absolute Gasteiger partial charge is 0.300 e. The number of ether oxygens (including phenoxy) is 1. The number of nitrogens with zero attached hydrogens (tertiary/aromatic N) is 1. The quantitative estimate of drug-likeness (QED) is 0.291. The molecule has 1 atom stereocenters. The van der Waals surface area contributed by atoms with Crippen LogP contribution < -0.4 is 9.64 Å². The zero-order valence-electron chi connectivity index (χ0n) is 19.3. The highest BCUT2D eigenvalue weighted by molar-refractivity contribution is 6.51. The molecule has 0 aliphatic carbocycles. The summed E-state index contributed by atoms with van der Waals surface area (Å²) >= 11 is 0. The van der Waals surface area contributed by atoms with Crippen LogP contribution in [0.3, 0.4) is 0 Å². The number of aryl methyl sites for hydroxylation is 1. The summed E-state index contributed by atoms with van der Waals surface area (Å²) in [6.45, 7) is 5.53. The minimum atomic E-state index is -1.20. The Bertz CT molecular complexity index is 1370. The summed E-state index contributed by atoms with van der Waals surface area (Å²) in [4.78, 5) is 27.2. The summed E-state index contributed by atoms with van der Waals surface area (Å²) in [6.07, 6.45) is -0.0691. The van der Waals surface area contributed by atoms with Crippen LogP contribution in [0.1, 0.15) is 36.6 Å². The molecule has 6 nitrogen and oxygen atoms in total. The van der Waals surface area contributed by atoms with Gasteiger partial charge in [0.15, 0.2) is 11.6 Å². The molecule has 1 fully saturated rings. The molecule has 0 spiro atoms. The summed E-state index contributed by atoms with van der Waals surface area (Å²) in [7, 11) is 0. The standard InChI is InChI=1S/C27H23F2NO5/c1-14(2)35-22-10-7-17(11-15(22)3)25(32)23-24(16-5-4-6-19(31)12-16)30(27(34)26(23)33)18-8-9-20(28)21(29)13-18/h4-14,24,31-32H,1-3H3/b25-23+. The van der Waals surface area contributed by atoms with Crippen molar-refractivity contribution in [3.63, 3.8) is 0 Å². The Balaban J connectivity index is 1.91. The number of aliphatic hydroxyl groups is 1. The minimum absolute atomic E-state index is 0.0691. The molecule has 1 amide bonds. The molecule has 0 radical (unpaired) electrons. The minimum Gasteiger partial charge on any atom is -0.508 e. The van der Waals surface area contributed by atoms with Crippen molar-refractivity contribution in [3.8, 4) is 11.5 Å². The van der Waals surface area contributed by atoms with E-state index in [-0.39, 0.29) is 28.7 Å². The van der Waals surface area contributed by atoms with Crippen LogP contribution in [0.25, 0.3) is 5.76 Å². The molecule has 4 rings (SSSR count). The van der Waals surface area contributed by atoms with E-state index >= 15 is 0 Å². The van der Waals surface area contributed by atoms with E-state index in [0.29, 0.717) is 16.9 Å². The first-order valence-electron chi connectivity index (χ1n) is 10.9. The average molecular weight is 479 g/mol. The number of rotatable bonds is 5. The van der Waals surface area contributed by atoms with E-state index in [1.165, 1.54) is 24.3 Å². The Labute approximate surface area is 200 Å². The number of halogens is 2. The molecule has 8 heteroatoms. The number of hydrogen-bond donors (Lipinski definition) is 2. The molecule has 1 aliphatic heterocycles. The van der Waals surface area contributed by atoms with Crippen molar-refractivity contribution in [1.82, 2.24) is 0 Å². The number of Topliss-reactive ketones (excluding diaryl/α,β-unsaturated/α-hetero) is 1. The van der Waals surface area contributed by atoms with Crippen LogP contribution >= 0.6 is 0 Å². The van der Waals surface area contributed by atoms with Crippen LogP contribution in [0, 0.1) is 18.6 Å². The van der Waals surface area contributed by atoms with E-state index in [1.807, 2.05) is 13.8 Å². The summed E-state index contributed by atoms with van der Waals surface area (Å²) in [6, 6.07) is 12.3. The van der Waals surface area contributed by atoms with Crippen molar-refractivity contribution >= 4 is 23.1 Å². The van der Waals surface area contributed by atoms with Gasteiger partial charge in [-0.2, -0.15) is 0 Å². The summed E-state index contributed by atoms with van der Waals surface area (Å²) in [5.74, 6) is -4.31. The number of carbonyl (C=O) groups is 2. The van der Waals surface area contributed by atoms with E-state index in [1.54, 1.807) is 31.2 Å². The summed E-state index contributed by atoms with van der Waals surface area (Å²) in [5, 5.41) is 21.2. The molecule has 3 aromatic rings. The maximum atomic E-state index is 14.0.